The van der Waals surface area contributed by atoms with Gasteiger partial charge in [-0.15, -0.1) is 0 Å². The number of rotatable bonds is 8. The lowest BCUT2D eigenvalue weighted by Crippen LogP contribution is -2.12. The van der Waals surface area contributed by atoms with Crippen LogP contribution in [0.1, 0.15) is 16.8 Å². The first-order chi connectivity index (χ1) is 9.56. The molecule has 5 nitrogen and oxygen atoms in total. The van der Waals surface area contributed by atoms with Crippen molar-refractivity contribution in [2.24, 2.45) is 0 Å². The summed E-state index contributed by atoms with van der Waals surface area (Å²) in [5.41, 5.74) is 6.10. The summed E-state index contributed by atoms with van der Waals surface area (Å²) in [6.45, 7) is 1.63. The number of halogens is 2. The van der Waals surface area contributed by atoms with Crippen LogP contribution in [-0.2, 0) is 14.2 Å². The fourth-order valence-electron chi connectivity index (χ4n) is 1.44. The molecular formula is C13H17Cl2NO4. The molecule has 0 radical (unpaired) electrons. The highest BCUT2D eigenvalue weighted by atomic mass is 35.5. The van der Waals surface area contributed by atoms with Crippen molar-refractivity contribution in [1.29, 1.82) is 0 Å². The fraction of sp³-hybridized carbons (Fsp3) is 0.462. The Bertz CT molecular complexity index is 454. The SMILES string of the molecule is COCCCOCCOC(=O)c1cc(N)cc(Cl)c1Cl. The predicted molar refractivity (Wildman–Crippen MR) is 78.5 cm³/mol. The summed E-state index contributed by atoms with van der Waals surface area (Å²) in [5, 5.41) is 0.348. The molecule has 1 rings (SSSR count). The number of hydrogen-bond donors (Lipinski definition) is 1. The molecule has 1 aromatic carbocycles. The lowest BCUT2D eigenvalue weighted by Gasteiger charge is -2.08. The van der Waals surface area contributed by atoms with Crippen molar-refractivity contribution >= 4 is 34.9 Å². The number of nitrogens with two attached hydrogens (primary N) is 1. The zero-order valence-corrected chi connectivity index (χ0v) is 12.7. The molecule has 2 N–H and O–H groups in total. The van der Waals surface area contributed by atoms with Gasteiger partial charge in [-0.1, -0.05) is 23.2 Å². The average Bonchev–Trinajstić information content (AvgIpc) is 2.41. The fourth-order valence-corrected chi connectivity index (χ4v) is 1.85. The number of hydrogen-bond acceptors (Lipinski definition) is 5. The van der Waals surface area contributed by atoms with Crippen LogP contribution in [0.5, 0.6) is 0 Å². The summed E-state index contributed by atoms with van der Waals surface area (Å²) >= 11 is 11.8. The van der Waals surface area contributed by atoms with E-state index in [4.69, 9.17) is 43.1 Å². The quantitative estimate of drug-likeness (QED) is 0.453. The highest BCUT2D eigenvalue weighted by Gasteiger charge is 2.15. The van der Waals surface area contributed by atoms with Crippen LogP contribution in [0, 0.1) is 0 Å². The van der Waals surface area contributed by atoms with E-state index in [-0.39, 0.29) is 22.2 Å². The molecule has 0 bridgehead atoms. The highest BCUT2D eigenvalue weighted by Crippen LogP contribution is 2.29. The minimum atomic E-state index is -0.579. The number of anilines is 1. The molecule has 0 aromatic heterocycles. The van der Waals surface area contributed by atoms with Gasteiger partial charge in [-0.3, -0.25) is 0 Å². The Hall–Kier alpha value is -1.01. The van der Waals surface area contributed by atoms with Crippen molar-refractivity contribution < 1.29 is 19.0 Å². The van der Waals surface area contributed by atoms with Crippen LogP contribution in [0.4, 0.5) is 5.69 Å². The minimum Gasteiger partial charge on any atom is -0.460 e. The van der Waals surface area contributed by atoms with Crippen molar-refractivity contribution in [3.63, 3.8) is 0 Å². The zero-order valence-electron chi connectivity index (χ0n) is 11.2. The van der Waals surface area contributed by atoms with Crippen LogP contribution in [0.2, 0.25) is 10.0 Å². The predicted octanol–water partition coefficient (Wildman–Crippen LogP) is 2.79. The van der Waals surface area contributed by atoms with Crippen molar-refractivity contribution in [2.45, 2.75) is 6.42 Å². The van der Waals surface area contributed by atoms with Crippen molar-refractivity contribution in [3.05, 3.63) is 27.7 Å². The Morgan fingerprint density at radius 3 is 2.65 bits per heavy atom. The second kappa shape index (κ2) is 9.02. The van der Waals surface area contributed by atoms with E-state index in [1.54, 1.807) is 7.11 Å². The Morgan fingerprint density at radius 2 is 1.95 bits per heavy atom. The van der Waals surface area contributed by atoms with E-state index in [2.05, 4.69) is 0 Å². The minimum absolute atomic E-state index is 0.131. The largest absolute Gasteiger partial charge is 0.460 e. The molecule has 0 saturated heterocycles. The van der Waals surface area contributed by atoms with Gasteiger partial charge in [0.05, 0.1) is 22.2 Å². The first kappa shape index (κ1) is 17.0. The number of nitrogen functional groups attached to an aromatic ring is 1. The second-order valence-electron chi connectivity index (χ2n) is 3.96. The molecule has 0 heterocycles. The Kier molecular flexibility index (Phi) is 7.69. The molecule has 0 aliphatic rings. The van der Waals surface area contributed by atoms with Gasteiger partial charge in [0.2, 0.25) is 0 Å². The smallest absolute Gasteiger partial charge is 0.339 e. The molecule has 0 aliphatic carbocycles. The van der Waals surface area contributed by atoms with E-state index in [9.17, 15) is 4.79 Å². The Labute approximate surface area is 127 Å². The molecule has 0 spiro atoms. The maximum atomic E-state index is 11.8. The molecule has 0 unspecified atom stereocenters. The van der Waals surface area contributed by atoms with Gasteiger partial charge in [-0.2, -0.15) is 0 Å². The van der Waals surface area contributed by atoms with E-state index in [0.29, 0.717) is 25.5 Å². The topological polar surface area (TPSA) is 70.8 Å². The summed E-state index contributed by atoms with van der Waals surface area (Å²) in [5.74, 6) is -0.579. The summed E-state index contributed by atoms with van der Waals surface area (Å²) in [4.78, 5) is 11.8. The van der Waals surface area contributed by atoms with E-state index in [1.165, 1.54) is 12.1 Å². The highest BCUT2D eigenvalue weighted by molar-refractivity contribution is 6.44. The van der Waals surface area contributed by atoms with Crippen LogP contribution in [0.25, 0.3) is 0 Å². The monoisotopic (exact) mass is 321 g/mol. The number of carbonyl (C=O) groups excluding carboxylic acids is 1. The summed E-state index contributed by atoms with van der Waals surface area (Å²) in [6, 6.07) is 2.90. The molecule has 0 atom stereocenters. The first-order valence-corrected chi connectivity index (χ1v) is 6.80. The molecule has 7 heteroatoms. The Morgan fingerprint density at radius 1 is 1.20 bits per heavy atom. The van der Waals surface area contributed by atoms with E-state index in [0.717, 1.165) is 6.42 Å². The van der Waals surface area contributed by atoms with Crippen molar-refractivity contribution in [3.8, 4) is 0 Å². The molecule has 0 fully saturated rings. The molecular weight excluding hydrogens is 305 g/mol. The van der Waals surface area contributed by atoms with Crippen molar-refractivity contribution in [1.82, 2.24) is 0 Å². The van der Waals surface area contributed by atoms with Crippen LogP contribution in [0.3, 0.4) is 0 Å². The maximum absolute atomic E-state index is 11.8. The van der Waals surface area contributed by atoms with Crippen LogP contribution in [0.15, 0.2) is 12.1 Å². The van der Waals surface area contributed by atoms with Gasteiger partial charge >= 0.3 is 5.97 Å². The van der Waals surface area contributed by atoms with E-state index in [1.807, 2.05) is 0 Å². The molecule has 112 valence electrons. The van der Waals surface area contributed by atoms with Crippen LogP contribution < -0.4 is 5.73 Å². The number of methoxy groups -OCH3 is 1. The number of carbonyl (C=O) groups is 1. The summed E-state index contributed by atoms with van der Waals surface area (Å²) in [7, 11) is 1.63. The molecule has 0 aliphatic heterocycles. The average molecular weight is 322 g/mol. The van der Waals surface area contributed by atoms with E-state index >= 15 is 0 Å². The van der Waals surface area contributed by atoms with Gasteiger partial charge in [0.25, 0.3) is 0 Å². The second-order valence-corrected chi connectivity index (χ2v) is 4.74. The molecule has 1 aromatic rings. The number of ether oxygens (including phenoxy) is 3. The van der Waals surface area contributed by atoms with Gasteiger partial charge < -0.3 is 19.9 Å². The van der Waals surface area contributed by atoms with Gasteiger partial charge in [0.15, 0.2) is 0 Å². The third kappa shape index (κ3) is 5.54. The van der Waals surface area contributed by atoms with E-state index < -0.39 is 5.97 Å². The summed E-state index contributed by atoms with van der Waals surface area (Å²) in [6.07, 6.45) is 0.793. The van der Waals surface area contributed by atoms with Crippen LogP contribution in [-0.4, -0.2) is 39.5 Å². The number of esters is 1. The zero-order chi connectivity index (χ0) is 15.0. The lowest BCUT2D eigenvalue weighted by molar-refractivity contribution is 0.0288. The van der Waals surface area contributed by atoms with Gasteiger partial charge in [0.1, 0.15) is 6.61 Å². The third-order valence-corrected chi connectivity index (χ3v) is 3.17. The van der Waals surface area contributed by atoms with Crippen molar-refractivity contribution in [2.75, 3.05) is 39.3 Å². The number of benzene rings is 1. The first-order valence-electron chi connectivity index (χ1n) is 6.04. The van der Waals surface area contributed by atoms with Crippen LogP contribution >= 0.6 is 23.2 Å². The van der Waals surface area contributed by atoms with Gasteiger partial charge in [0, 0.05) is 26.0 Å². The maximum Gasteiger partial charge on any atom is 0.339 e. The molecule has 20 heavy (non-hydrogen) atoms. The van der Waals surface area contributed by atoms with Gasteiger partial charge in [-0.25, -0.2) is 4.79 Å². The molecule has 0 saturated carbocycles. The van der Waals surface area contributed by atoms with Gasteiger partial charge in [-0.05, 0) is 18.6 Å². The normalized spacial score (nSPS) is 10.6. The lowest BCUT2D eigenvalue weighted by atomic mass is 10.2. The standard InChI is InChI=1S/C13H17Cl2NO4/c1-18-3-2-4-19-5-6-20-13(17)10-7-9(16)8-11(14)12(10)15/h7-8H,2-6,16H2,1H3. The third-order valence-electron chi connectivity index (χ3n) is 2.37. The summed E-state index contributed by atoms with van der Waals surface area (Å²) < 4.78 is 15.2. The Balaban J connectivity index is 2.36. The molecule has 0 amide bonds.